The number of likely N-dealkylation sites (tertiary alicyclic amines) is 1. The van der Waals surface area contributed by atoms with Gasteiger partial charge in [-0.1, -0.05) is 12.1 Å². The summed E-state index contributed by atoms with van der Waals surface area (Å²) in [6, 6.07) is 5.23. The predicted molar refractivity (Wildman–Crippen MR) is 90.3 cm³/mol. The highest BCUT2D eigenvalue weighted by atomic mass is 32.2. The van der Waals surface area contributed by atoms with E-state index in [0.29, 0.717) is 23.5 Å². The maximum absolute atomic E-state index is 11.7. The van der Waals surface area contributed by atoms with Gasteiger partial charge >= 0.3 is 0 Å². The summed E-state index contributed by atoms with van der Waals surface area (Å²) in [7, 11) is -3.56. The summed E-state index contributed by atoms with van der Waals surface area (Å²) in [6.45, 7) is 2.67. The highest BCUT2D eigenvalue weighted by molar-refractivity contribution is 7.89. The van der Waals surface area contributed by atoms with Crippen LogP contribution in [0.1, 0.15) is 37.3 Å². The van der Waals surface area contributed by atoms with Crippen molar-refractivity contribution in [2.24, 2.45) is 10.1 Å². The van der Waals surface area contributed by atoms with Crippen LogP contribution in [0.15, 0.2) is 22.6 Å². The van der Waals surface area contributed by atoms with Crippen molar-refractivity contribution in [1.82, 2.24) is 4.90 Å². The van der Waals surface area contributed by atoms with Gasteiger partial charge in [0.15, 0.2) is 0 Å². The summed E-state index contributed by atoms with van der Waals surface area (Å²) in [4.78, 5) is 13.6. The van der Waals surface area contributed by atoms with Crippen LogP contribution in [0.3, 0.4) is 0 Å². The van der Waals surface area contributed by atoms with E-state index < -0.39 is 10.0 Å². The van der Waals surface area contributed by atoms with E-state index >= 15 is 0 Å². The minimum atomic E-state index is -3.56. The predicted octanol–water partition coefficient (Wildman–Crippen LogP) is 1.02. The van der Waals surface area contributed by atoms with E-state index in [9.17, 15) is 13.2 Å². The van der Waals surface area contributed by atoms with Crippen molar-refractivity contribution in [2.45, 2.75) is 38.0 Å². The summed E-state index contributed by atoms with van der Waals surface area (Å²) in [6.07, 6.45) is 2.97. The third-order valence-corrected chi connectivity index (χ3v) is 5.56. The first-order valence-electron chi connectivity index (χ1n) is 7.98. The minimum Gasteiger partial charge on any atom is -0.491 e. The zero-order valence-electron chi connectivity index (χ0n) is 13.6. The average Bonchev–Trinajstić information content (AvgIpc) is 2.51. The lowest BCUT2D eigenvalue weighted by atomic mass is 10.0. The van der Waals surface area contributed by atoms with Crippen LogP contribution in [0.5, 0.6) is 5.75 Å². The van der Waals surface area contributed by atoms with E-state index in [1.165, 1.54) is 0 Å². The molecule has 2 N–H and O–H groups in total. The molecule has 0 bridgehead atoms. The number of nitrogens with zero attached hydrogens (tertiary/aromatic N) is 2. The number of piperidine rings is 1. The molecule has 7 nitrogen and oxygen atoms in total. The van der Waals surface area contributed by atoms with E-state index in [1.807, 2.05) is 4.90 Å². The number of nitrogens with two attached hydrogens (primary N) is 1. The van der Waals surface area contributed by atoms with Gasteiger partial charge in [-0.25, -0.2) is 8.42 Å². The van der Waals surface area contributed by atoms with Crippen LogP contribution in [0, 0.1) is 0 Å². The Bertz CT molecular complexity index is 789. The van der Waals surface area contributed by atoms with Gasteiger partial charge in [-0.05, 0) is 30.9 Å². The minimum absolute atomic E-state index is 0.0255. The third kappa shape index (κ3) is 3.38. The van der Waals surface area contributed by atoms with Gasteiger partial charge in [0, 0.05) is 13.5 Å². The molecule has 1 aromatic rings. The number of sulfonamides is 1. The van der Waals surface area contributed by atoms with Gasteiger partial charge < -0.3 is 15.4 Å². The standard InChI is InChI=1S/C16H21N3O4S/c1-11(20)19-8-3-2-6-13(19)9-23-14-7-4-5-12-10-24(21,22)18-16(17)15(12)14/h4-5,7,13H,2-3,6,8-10H2,1H3,(H2,17,18)/t13-/m1/s1. The molecule has 2 aliphatic heterocycles. The Labute approximate surface area is 141 Å². The zero-order valence-corrected chi connectivity index (χ0v) is 14.4. The highest BCUT2D eigenvalue weighted by Gasteiger charge is 2.28. The van der Waals surface area contributed by atoms with Crippen molar-refractivity contribution < 1.29 is 17.9 Å². The fourth-order valence-electron chi connectivity index (χ4n) is 3.31. The van der Waals surface area contributed by atoms with Gasteiger partial charge in [0.1, 0.15) is 18.2 Å². The molecule has 3 rings (SSSR count). The number of amides is 1. The van der Waals surface area contributed by atoms with Gasteiger partial charge in [-0.2, -0.15) is 0 Å². The second-order valence-electron chi connectivity index (χ2n) is 6.17. The summed E-state index contributed by atoms with van der Waals surface area (Å²) in [5, 5.41) is 0. The molecule has 1 atom stereocenters. The average molecular weight is 351 g/mol. The first-order valence-corrected chi connectivity index (χ1v) is 9.59. The molecular weight excluding hydrogens is 330 g/mol. The van der Waals surface area contributed by atoms with Crippen LogP contribution in [-0.2, 0) is 20.6 Å². The maximum Gasteiger partial charge on any atom is 0.259 e. The molecule has 0 saturated carbocycles. The van der Waals surface area contributed by atoms with Crippen LogP contribution in [0.2, 0.25) is 0 Å². The molecule has 0 aromatic heterocycles. The van der Waals surface area contributed by atoms with Gasteiger partial charge in [0.2, 0.25) is 5.91 Å². The Morgan fingerprint density at radius 1 is 1.42 bits per heavy atom. The largest absolute Gasteiger partial charge is 0.491 e. The van der Waals surface area contributed by atoms with Crippen LogP contribution in [-0.4, -0.2) is 44.3 Å². The lowest BCUT2D eigenvalue weighted by molar-refractivity contribution is -0.133. The molecule has 130 valence electrons. The molecular formula is C16H21N3O4S. The zero-order chi connectivity index (χ0) is 17.3. The molecule has 1 aromatic carbocycles. The molecule has 24 heavy (non-hydrogen) atoms. The number of benzene rings is 1. The number of carbonyl (C=O) groups is 1. The Morgan fingerprint density at radius 2 is 2.21 bits per heavy atom. The number of hydrogen-bond donors (Lipinski definition) is 1. The van der Waals surface area contributed by atoms with Crippen molar-refractivity contribution in [2.75, 3.05) is 13.2 Å². The molecule has 1 saturated heterocycles. The number of carbonyl (C=O) groups excluding carboxylic acids is 1. The van der Waals surface area contributed by atoms with Crippen LogP contribution in [0.25, 0.3) is 0 Å². The summed E-state index contributed by atoms with van der Waals surface area (Å²) < 4.78 is 32.9. The van der Waals surface area contributed by atoms with Gasteiger partial charge in [0.05, 0.1) is 17.4 Å². The van der Waals surface area contributed by atoms with Crippen molar-refractivity contribution in [3.05, 3.63) is 29.3 Å². The lowest BCUT2D eigenvalue weighted by Crippen LogP contribution is -2.45. The number of hydrogen-bond acceptors (Lipinski definition) is 5. The Balaban J connectivity index is 1.81. The van der Waals surface area contributed by atoms with E-state index in [-0.39, 0.29) is 23.5 Å². The third-order valence-electron chi connectivity index (χ3n) is 4.41. The molecule has 0 radical (unpaired) electrons. The quantitative estimate of drug-likeness (QED) is 0.876. The van der Waals surface area contributed by atoms with Gasteiger partial charge in [0.25, 0.3) is 10.0 Å². The van der Waals surface area contributed by atoms with E-state index in [4.69, 9.17) is 10.5 Å². The Morgan fingerprint density at radius 3 is 2.96 bits per heavy atom. The van der Waals surface area contributed by atoms with Crippen molar-refractivity contribution in [3.63, 3.8) is 0 Å². The lowest BCUT2D eigenvalue weighted by Gasteiger charge is -2.35. The summed E-state index contributed by atoms with van der Waals surface area (Å²) in [5.74, 6) is 0.339. The molecule has 0 spiro atoms. The number of fused-ring (bicyclic) bond motifs is 1. The Kier molecular flexibility index (Phi) is 4.49. The fraction of sp³-hybridized carbons (Fsp3) is 0.500. The normalized spacial score (nSPS) is 22.5. The monoisotopic (exact) mass is 351 g/mol. The van der Waals surface area contributed by atoms with Gasteiger partial charge in [-0.3, -0.25) is 4.79 Å². The van der Waals surface area contributed by atoms with E-state index in [1.54, 1.807) is 25.1 Å². The fourth-order valence-corrected chi connectivity index (χ4v) is 4.40. The molecule has 0 unspecified atom stereocenters. The van der Waals surface area contributed by atoms with Crippen molar-refractivity contribution in [3.8, 4) is 5.75 Å². The highest BCUT2D eigenvalue weighted by Crippen LogP contribution is 2.29. The molecule has 2 heterocycles. The molecule has 2 aliphatic rings. The number of ether oxygens (including phenoxy) is 1. The van der Waals surface area contributed by atoms with Crippen LogP contribution >= 0.6 is 0 Å². The van der Waals surface area contributed by atoms with Crippen LogP contribution < -0.4 is 10.5 Å². The first kappa shape index (κ1) is 16.8. The number of amidine groups is 1. The van der Waals surface area contributed by atoms with Crippen LogP contribution in [0.4, 0.5) is 0 Å². The van der Waals surface area contributed by atoms with Crippen molar-refractivity contribution >= 4 is 21.8 Å². The molecule has 8 heteroatoms. The maximum atomic E-state index is 11.7. The molecule has 0 aliphatic carbocycles. The topological polar surface area (TPSA) is 102 Å². The summed E-state index contributed by atoms with van der Waals surface area (Å²) in [5.41, 5.74) is 6.96. The second-order valence-corrected chi connectivity index (χ2v) is 7.80. The molecule has 1 fully saturated rings. The van der Waals surface area contributed by atoms with Crippen molar-refractivity contribution in [1.29, 1.82) is 0 Å². The SMILES string of the molecule is CC(=O)N1CCCC[C@@H]1COc1cccc2c1C(N)=NS(=O)(=O)C2. The van der Waals surface area contributed by atoms with E-state index in [0.717, 1.165) is 25.8 Å². The second kappa shape index (κ2) is 6.43. The first-order chi connectivity index (χ1) is 11.4. The Hall–Kier alpha value is -2.09. The van der Waals surface area contributed by atoms with E-state index in [2.05, 4.69) is 4.40 Å². The van der Waals surface area contributed by atoms with Gasteiger partial charge in [-0.15, -0.1) is 4.40 Å². The number of rotatable bonds is 3. The molecule has 1 amide bonds. The summed E-state index contributed by atoms with van der Waals surface area (Å²) >= 11 is 0. The smallest absolute Gasteiger partial charge is 0.259 e.